The highest BCUT2D eigenvalue weighted by Crippen LogP contribution is 2.16. The minimum atomic E-state index is -0.279. The molecule has 1 unspecified atom stereocenters. The minimum absolute atomic E-state index is 0.279. The van der Waals surface area contributed by atoms with Gasteiger partial charge in [0.05, 0.1) is 6.61 Å². The largest absolute Gasteiger partial charge is 0.490 e. The Bertz CT molecular complexity index is 323. The highest BCUT2D eigenvalue weighted by atomic mass is 19.1. The monoisotopic (exact) mass is 223 g/mol. The summed E-state index contributed by atoms with van der Waals surface area (Å²) in [6, 6.07) is 7.10. The van der Waals surface area contributed by atoms with Gasteiger partial charge in [0.15, 0.2) is 11.6 Å². The zero-order chi connectivity index (χ0) is 11.2. The lowest BCUT2D eigenvalue weighted by atomic mass is 10.0. The van der Waals surface area contributed by atoms with Crippen molar-refractivity contribution in [1.82, 2.24) is 5.32 Å². The number of nitrogens with one attached hydrogen (secondary N) is 1. The van der Waals surface area contributed by atoms with Gasteiger partial charge in [0.25, 0.3) is 0 Å². The number of piperidine rings is 1. The van der Waals surface area contributed by atoms with Crippen molar-refractivity contribution in [2.24, 2.45) is 0 Å². The Kier molecular flexibility index (Phi) is 4.17. The van der Waals surface area contributed by atoms with E-state index in [1.807, 2.05) is 0 Å². The molecule has 2 rings (SSSR count). The molecule has 1 saturated heterocycles. The molecule has 1 atom stereocenters. The summed E-state index contributed by atoms with van der Waals surface area (Å²) in [5, 5.41) is 3.45. The van der Waals surface area contributed by atoms with Gasteiger partial charge >= 0.3 is 0 Å². The van der Waals surface area contributed by atoms with Crippen LogP contribution in [0, 0.1) is 5.82 Å². The highest BCUT2D eigenvalue weighted by Gasteiger charge is 2.12. The average Bonchev–Trinajstić information content (AvgIpc) is 2.33. The average molecular weight is 223 g/mol. The second kappa shape index (κ2) is 5.85. The third-order valence-corrected chi connectivity index (χ3v) is 2.97. The molecule has 1 fully saturated rings. The summed E-state index contributed by atoms with van der Waals surface area (Å²) in [6.45, 7) is 1.68. The first-order chi connectivity index (χ1) is 7.86. The van der Waals surface area contributed by atoms with E-state index >= 15 is 0 Å². The van der Waals surface area contributed by atoms with E-state index in [0.29, 0.717) is 18.4 Å². The summed E-state index contributed by atoms with van der Waals surface area (Å²) in [4.78, 5) is 0. The van der Waals surface area contributed by atoms with Crippen molar-refractivity contribution in [3.63, 3.8) is 0 Å². The second-order valence-electron chi connectivity index (χ2n) is 4.21. The van der Waals surface area contributed by atoms with Gasteiger partial charge in [0, 0.05) is 6.04 Å². The van der Waals surface area contributed by atoms with Gasteiger partial charge in [0.1, 0.15) is 0 Å². The zero-order valence-electron chi connectivity index (χ0n) is 9.42. The Morgan fingerprint density at radius 2 is 2.19 bits per heavy atom. The lowest BCUT2D eigenvalue weighted by Gasteiger charge is -2.23. The van der Waals surface area contributed by atoms with Crippen LogP contribution in [0.2, 0.25) is 0 Å². The smallest absolute Gasteiger partial charge is 0.165 e. The van der Waals surface area contributed by atoms with Gasteiger partial charge in [-0.2, -0.15) is 0 Å². The molecule has 0 saturated carbocycles. The summed E-state index contributed by atoms with van der Waals surface area (Å²) in [5.41, 5.74) is 0. The van der Waals surface area contributed by atoms with E-state index in [2.05, 4.69) is 5.32 Å². The predicted molar refractivity (Wildman–Crippen MR) is 62.2 cm³/mol. The molecular formula is C13H18FNO. The first-order valence-corrected chi connectivity index (χ1v) is 5.97. The van der Waals surface area contributed by atoms with Crippen LogP contribution in [0.25, 0.3) is 0 Å². The fourth-order valence-electron chi connectivity index (χ4n) is 2.04. The van der Waals surface area contributed by atoms with Crippen LogP contribution < -0.4 is 10.1 Å². The Morgan fingerprint density at radius 1 is 1.31 bits per heavy atom. The molecule has 16 heavy (non-hydrogen) atoms. The normalized spacial score (nSPS) is 20.7. The van der Waals surface area contributed by atoms with E-state index in [-0.39, 0.29) is 5.82 Å². The number of rotatable bonds is 4. The van der Waals surface area contributed by atoms with E-state index in [9.17, 15) is 4.39 Å². The summed E-state index contributed by atoms with van der Waals surface area (Å²) >= 11 is 0. The van der Waals surface area contributed by atoms with Crippen molar-refractivity contribution >= 4 is 0 Å². The van der Waals surface area contributed by atoms with E-state index in [0.717, 1.165) is 13.0 Å². The molecular weight excluding hydrogens is 205 g/mol. The molecule has 0 radical (unpaired) electrons. The molecule has 1 heterocycles. The van der Waals surface area contributed by atoms with Gasteiger partial charge in [-0.25, -0.2) is 4.39 Å². The van der Waals surface area contributed by atoms with Gasteiger partial charge in [-0.1, -0.05) is 18.6 Å². The van der Waals surface area contributed by atoms with Crippen molar-refractivity contribution in [1.29, 1.82) is 0 Å². The van der Waals surface area contributed by atoms with Crippen LogP contribution in [0.5, 0.6) is 5.75 Å². The number of halogens is 1. The van der Waals surface area contributed by atoms with Crippen LogP contribution in [-0.4, -0.2) is 19.2 Å². The summed E-state index contributed by atoms with van der Waals surface area (Å²) in [6.07, 6.45) is 4.72. The van der Waals surface area contributed by atoms with Gasteiger partial charge in [-0.15, -0.1) is 0 Å². The van der Waals surface area contributed by atoms with Crippen molar-refractivity contribution in [2.75, 3.05) is 13.2 Å². The molecule has 2 nitrogen and oxygen atoms in total. The molecule has 0 aromatic heterocycles. The van der Waals surface area contributed by atoms with Crippen LogP contribution in [0.15, 0.2) is 24.3 Å². The summed E-state index contributed by atoms with van der Waals surface area (Å²) in [5.74, 6) is 0.0809. The Morgan fingerprint density at radius 3 is 2.94 bits per heavy atom. The maximum Gasteiger partial charge on any atom is 0.165 e. The lowest BCUT2D eigenvalue weighted by Crippen LogP contribution is -2.35. The minimum Gasteiger partial charge on any atom is -0.490 e. The van der Waals surface area contributed by atoms with Crippen LogP contribution in [-0.2, 0) is 0 Å². The van der Waals surface area contributed by atoms with E-state index in [4.69, 9.17) is 4.74 Å². The third-order valence-electron chi connectivity index (χ3n) is 2.97. The SMILES string of the molecule is Fc1ccccc1OCCC1CCCCN1. The molecule has 1 N–H and O–H groups in total. The zero-order valence-corrected chi connectivity index (χ0v) is 9.42. The van der Waals surface area contributed by atoms with E-state index in [1.165, 1.54) is 25.3 Å². The number of para-hydroxylation sites is 1. The quantitative estimate of drug-likeness (QED) is 0.847. The molecule has 1 aliphatic heterocycles. The summed E-state index contributed by atoms with van der Waals surface area (Å²) < 4.78 is 18.6. The van der Waals surface area contributed by atoms with Crippen LogP contribution in [0.1, 0.15) is 25.7 Å². The highest BCUT2D eigenvalue weighted by molar-refractivity contribution is 5.23. The fourth-order valence-corrected chi connectivity index (χ4v) is 2.04. The molecule has 1 aromatic rings. The molecule has 88 valence electrons. The lowest BCUT2D eigenvalue weighted by molar-refractivity contribution is 0.259. The Hall–Kier alpha value is -1.09. The molecule has 1 aromatic carbocycles. The number of hydrogen-bond acceptors (Lipinski definition) is 2. The Labute approximate surface area is 95.8 Å². The molecule has 0 aliphatic carbocycles. The van der Waals surface area contributed by atoms with E-state index in [1.54, 1.807) is 18.2 Å². The predicted octanol–water partition coefficient (Wildman–Crippen LogP) is 2.74. The number of benzene rings is 1. The van der Waals surface area contributed by atoms with Crippen molar-refractivity contribution in [3.8, 4) is 5.75 Å². The molecule has 0 bridgehead atoms. The fraction of sp³-hybridized carbons (Fsp3) is 0.538. The van der Waals surface area contributed by atoms with Crippen LogP contribution in [0.3, 0.4) is 0 Å². The maximum atomic E-state index is 13.2. The van der Waals surface area contributed by atoms with Crippen molar-refractivity contribution in [2.45, 2.75) is 31.7 Å². The standard InChI is InChI=1S/C13H18FNO/c14-12-6-1-2-7-13(12)16-10-8-11-5-3-4-9-15-11/h1-2,6-7,11,15H,3-5,8-10H2. The first kappa shape index (κ1) is 11.4. The topological polar surface area (TPSA) is 21.3 Å². The Balaban J connectivity index is 1.73. The van der Waals surface area contributed by atoms with Crippen LogP contribution in [0.4, 0.5) is 4.39 Å². The summed E-state index contributed by atoms with van der Waals surface area (Å²) in [7, 11) is 0. The van der Waals surface area contributed by atoms with Gasteiger partial charge in [-0.05, 0) is 37.9 Å². The molecule has 1 aliphatic rings. The first-order valence-electron chi connectivity index (χ1n) is 5.97. The van der Waals surface area contributed by atoms with E-state index < -0.39 is 0 Å². The van der Waals surface area contributed by atoms with Gasteiger partial charge < -0.3 is 10.1 Å². The van der Waals surface area contributed by atoms with Crippen molar-refractivity contribution < 1.29 is 9.13 Å². The number of hydrogen-bond donors (Lipinski definition) is 1. The molecule has 0 amide bonds. The van der Waals surface area contributed by atoms with Gasteiger partial charge in [-0.3, -0.25) is 0 Å². The number of ether oxygens (including phenoxy) is 1. The second-order valence-corrected chi connectivity index (χ2v) is 4.21. The van der Waals surface area contributed by atoms with Crippen LogP contribution >= 0.6 is 0 Å². The maximum absolute atomic E-state index is 13.2. The van der Waals surface area contributed by atoms with Crippen molar-refractivity contribution in [3.05, 3.63) is 30.1 Å². The molecule has 3 heteroatoms. The van der Waals surface area contributed by atoms with Gasteiger partial charge in [0.2, 0.25) is 0 Å². The molecule has 0 spiro atoms. The third kappa shape index (κ3) is 3.20.